The molecule has 1 saturated heterocycles. The van der Waals surface area contributed by atoms with Crippen LogP contribution in [-0.2, 0) is 31.3 Å². The first-order chi connectivity index (χ1) is 19.7. The summed E-state index contributed by atoms with van der Waals surface area (Å²) in [6.45, 7) is 0. The summed E-state index contributed by atoms with van der Waals surface area (Å²) in [6.07, 6.45) is 1.69. The van der Waals surface area contributed by atoms with Crippen LogP contribution in [-0.4, -0.2) is 37.7 Å². The number of amides is 1. The van der Waals surface area contributed by atoms with Gasteiger partial charge in [-0.05, 0) is 52.9 Å². The van der Waals surface area contributed by atoms with Crippen molar-refractivity contribution in [2.45, 2.75) is 29.0 Å². The Labute approximate surface area is 237 Å². The number of pyridine rings is 1. The van der Waals surface area contributed by atoms with Gasteiger partial charge in [-0.15, -0.1) is 0 Å². The molecule has 10 nitrogen and oxygen atoms in total. The van der Waals surface area contributed by atoms with Crippen LogP contribution in [0.2, 0.25) is 0 Å². The molecule has 2 aromatic heterocycles. The van der Waals surface area contributed by atoms with Gasteiger partial charge in [-0.3, -0.25) is 9.52 Å². The minimum Gasteiger partial charge on any atom is -0.339 e. The van der Waals surface area contributed by atoms with Crippen LogP contribution in [0.25, 0.3) is 22.3 Å². The number of H-pyrrole nitrogens is 1. The lowest BCUT2D eigenvalue weighted by molar-refractivity contribution is -0.118. The van der Waals surface area contributed by atoms with E-state index in [-0.39, 0.29) is 17.7 Å². The standard InChI is InChI=1S/C29H25N5O5S2/c35-27-18-26(41(38,39)34-27)22-10-8-19(9-11-22)17-25(29-31-24-7-4-16-30-28(24)32-29)33-40(36,37)23-14-12-21(13-15-23)20-5-2-1-3-6-20/h1-16,25-26,33H,17-18H2,(H,34,35)(H,30,31,32)/t25-,26?/m0/s1. The van der Waals surface area contributed by atoms with Gasteiger partial charge in [-0.25, -0.2) is 31.5 Å². The lowest BCUT2D eigenvalue weighted by Gasteiger charge is -2.18. The van der Waals surface area contributed by atoms with Gasteiger partial charge in [0.05, 0.1) is 22.9 Å². The average Bonchev–Trinajstić information content (AvgIpc) is 3.53. The number of imidazole rings is 1. The number of sulfonamides is 2. The molecule has 1 aliphatic heterocycles. The molecule has 5 aromatic rings. The van der Waals surface area contributed by atoms with Gasteiger partial charge < -0.3 is 4.98 Å². The van der Waals surface area contributed by atoms with Crippen molar-refractivity contribution in [3.8, 4) is 11.1 Å². The van der Waals surface area contributed by atoms with E-state index in [2.05, 4.69) is 19.7 Å². The highest BCUT2D eigenvalue weighted by Gasteiger charge is 2.37. The van der Waals surface area contributed by atoms with Crippen LogP contribution in [0.5, 0.6) is 0 Å². The minimum absolute atomic E-state index is 0.107. The highest BCUT2D eigenvalue weighted by molar-refractivity contribution is 7.90. The fourth-order valence-electron chi connectivity index (χ4n) is 4.89. The predicted octanol–water partition coefficient (Wildman–Crippen LogP) is 3.78. The van der Waals surface area contributed by atoms with Crippen molar-refractivity contribution in [1.82, 2.24) is 24.4 Å². The number of rotatable bonds is 8. The molecule has 1 fully saturated rings. The summed E-state index contributed by atoms with van der Waals surface area (Å²) in [6, 6.07) is 25.8. The molecule has 3 N–H and O–H groups in total. The van der Waals surface area contributed by atoms with Gasteiger partial charge in [0.25, 0.3) is 0 Å². The van der Waals surface area contributed by atoms with Crippen molar-refractivity contribution in [3.05, 3.63) is 114 Å². The molecule has 0 bridgehead atoms. The molecule has 12 heteroatoms. The maximum absolute atomic E-state index is 13.5. The Morgan fingerprint density at radius 2 is 1.61 bits per heavy atom. The van der Waals surface area contributed by atoms with Gasteiger partial charge in [0.2, 0.25) is 26.0 Å². The number of hydrogen-bond donors (Lipinski definition) is 3. The summed E-state index contributed by atoms with van der Waals surface area (Å²) in [5, 5.41) is -0.960. The van der Waals surface area contributed by atoms with Crippen LogP contribution in [0, 0.1) is 0 Å². The molecule has 0 saturated carbocycles. The fraction of sp³-hybridized carbons (Fsp3) is 0.138. The first-order valence-electron chi connectivity index (χ1n) is 12.8. The molecule has 2 atom stereocenters. The Balaban J connectivity index is 1.29. The first-order valence-corrected chi connectivity index (χ1v) is 15.8. The number of carbonyl (C=O) groups excluding carboxylic acids is 1. The highest BCUT2D eigenvalue weighted by Crippen LogP contribution is 2.31. The van der Waals surface area contributed by atoms with Gasteiger partial charge in [0, 0.05) is 6.20 Å². The molecular formula is C29H25N5O5S2. The molecule has 1 aliphatic rings. The minimum atomic E-state index is -3.96. The zero-order valence-electron chi connectivity index (χ0n) is 21.6. The number of fused-ring (bicyclic) bond motifs is 1. The first kappa shape index (κ1) is 26.8. The van der Waals surface area contributed by atoms with Crippen LogP contribution in [0.3, 0.4) is 0 Å². The van der Waals surface area contributed by atoms with Gasteiger partial charge in [-0.2, -0.15) is 0 Å². The summed E-state index contributed by atoms with van der Waals surface area (Å²) in [5.41, 5.74) is 4.21. The van der Waals surface area contributed by atoms with E-state index in [0.29, 0.717) is 22.6 Å². The summed E-state index contributed by atoms with van der Waals surface area (Å²) in [7, 11) is -7.73. The second kappa shape index (κ2) is 10.5. The van der Waals surface area contributed by atoms with Crippen molar-refractivity contribution >= 4 is 37.1 Å². The number of carbonyl (C=O) groups is 1. The van der Waals surface area contributed by atoms with Crippen LogP contribution in [0.4, 0.5) is 0 Å². The summed E-state index contributed by atoms with van der Waals surface area (Å²) in [4.78, 5) is 23.7. The van der Waals surface area contributed by atoms with Crippen molar-refractivity contribution < 1.29 is 21.6 Å². The third kappa shape index (κ3) is 5.62. The summed E-state index contributed by atoms with van der Waals surface area (Å²) >= 11 is 0. The Kier molecular flexibility index (Phi) is 6.89. The van der Waals surface area contributed by atoms with Gasteiger partial charge >= 0.3 is 0 Å². The van der Waals surface area contributed by atoms with E-state index >= 15 is 0 Å². The maximum Gasteiger partial charge on any atom is 0.242 e. The Hall–Kier alpha value is -4.39. The van der Waals surface area contributed by atoms with E-state index in [0.717, 1.165) is 16.7 Å². The molecule has 41 heavy (non-hydrogen) atoms. The highest BCUT2D eigenvalue weighted by atomic mass is 32.2. The number of aromatic nitrogens is 3. The monoisotopic (exact) mass is 587 g/mol. The second-order valence-electron chi connectivity index (χ2n) is 9.77. The fourth-order valence-corrected chi connectivity index (χ4v) is 7.52. The molecule has 1 amide bonds. The van der Waals surface area contributed by atoms with E-state index in [1.807, 2.05) is 35.1 Å². The van der Waals surface area contributed by atoms with Gasteiger partial charge in [0.15, 0.2) is 5.65 Å². The van der Waals surface area contributed by atoms with E-state index in [1.165, 1.54) is 0 Å². The molecule has 208 valence electrons. The van der Waals surface area contributed by atoms with E-state index in [1.54, 1.807) is 66.9 Å². The normalized spacial score (nSPS) is 17.4. The average molecular weight is 588 g/mol. The lowest BCUT2D eigenvalue weighted by Crippen LogP contribution is -2.31. The van der Waals surface area contributed by atoms with E-state index in [9.17, 15) is 21.6 Å². The maximum atomic E-state index is 13.5. The number of aromatic amines is 1. The van der Waals surface area contributed by atoms with Crippen molar-refractivity contribution in [2.24, 2.45) is 0 Å². The van der Waals surface area contributed by atoms with Crippen LogP contribution in [0.15, 0.2) is 102 Å². The molecule has 0 aliphatic carbocycles. The Bertz CT molecular complexity index is 1910. The van der Waals surface area contributed by atoms with Crippen molar-refractivity contribution in [3.63, 3.8) is 0 Å². The molecule has 6 rings (SSSR count). The zero-order valence-corrected chi connectivity index (χ0v) is 23.2. The van der Waals surface area contributed by atoms with Crippen LogP contribution < -0.4 is 9.44 Å². The van der Waals surface area contributed by atoms with Crippen LogP contribution in [0.1, 0.15) is 34.7 Å². The number of benzene rings is 3. The predicted molar refractivity (Wildman–Crippen MR) is 153 cm³/mol. The number of hydrogen-bond acceptors (Lipinski definition) is 7. The molecule has 0 spiro atoms. The lowest BCUT2D eigenvalue weighted by atomic mass is 10.0. The summed E-state index contributed by atoms with van der Waals surface area (Å²) < 4.78 is 56.4. The smallest absolute Gasteiger partial charge is 0.242 e. The van der Waals surface area contributed by atoms with E-state index < -0.39 is 37.2 Å². The van der Waals surface area contributed by atoms with Crippen LogP contribution >= 0.6 is 0 Å². The molecule has 3 aromatic carbocycles. The Morgan fingerprint density at radius 1 is 0.902 bits per heavy atom. The van der Waals surface area contributed by atoms with Crippen molar-refractivity contribution in [2.75, 3.05) is 0 Å². The quantitative estimate of drug-likeness (QED) is 0.250. The number of nitrogens with one attached hydrogen (secondary N) is 3. The molecule has 1 unspecified atom stereocenters. The third-order valence-electron chi connectivity index (χ3n) is 6.97. The summed E-state index contributed by atoms with van der Waals surface area (Å²) in [5.74, 6) is -0.149. The molecule has 3 heterocycles. The second-order valence-corrected chi connectivity index (χ2v) is 13.3. The topological polar surface area (TPSA) is 151 Å². The SMILES string of the molecule is O=C1CC(c2ccc(C[C@H](NS(=O)(=O)c3ccc(-c4ccccc4)cc3)c3nc4ncccc4[nH]3)cc2)S(=O)(=O)N1. The largest absolute Gasteiger partial charge is 0.339 e. The molecule has 0 radical (unpaired) electrons. The molecular weight excluding hydrogens is 562 g/mol. The van der Waals surface area contributed by atoms with E-state index in [4.69, 9.17) is 0 Å². The third-order valence-corrected chi connectivity index (χ3v) is 10.2. The number of nitrogens with zero attached hydrogens (tertiary/aromatic N) is 2. The van der Waals surface area contributed by atoms with Gasteiger partial charge in [0.1, 0.15) is 11.1 Å². The van der Waals surface area contributed by atoms with Gasteiger partial charge in [-0.1, -0.05) is 66.7 Å². The Morgan fingerprint density at radius 3 is 2.27 bits per heavy atom. The van der Waals surface area contributed by atoms with Crippen molar-refractivity contribution in [1.29, 1.82) is 0 Å². The zero-order chi connectivity index (χ0) is 28.6.